The average molecular weight is 390 g/mol. The zero-order valence-electron chi connectivity index (χ0n) is 17.1. The van der Waals surface area contributed by atoms with E-state index in [2.05, 4.69) is 23.1 Å². The topological polar surface area (TPSA) is 59.8 Å². The first-order chi connectivity index (χ1) is 13.6. The van der Waals surface area contributed by atoms with Gasteiger partial charge in [-0.15, -0.1) is 0 Å². The van der Waals surface area contributed by atoms with Gasteiger partial charge in [0, 0.05) is 25.8 Å². The van der Waals surface area contributed by atoms with Crippen molar-refractivity contribution in [1.82, 2.24) is 14.7 Å². The Morgan fingerprint density at radius 1 is 1.25 bits per heavy atom. The highest BCUT2D eigenvalue weighted by Gasteiger charge is 2.51. The second-order valence-corrected chi connectivity index (χ2v) is 10.1. The van der Waals surface area contributed by atoms with E-state index < -0.39 is 6.10 Å². The second kappa shape index (κ2) is 7.71. The van der Waals surface area contributed by atoms with Crippen LogP contribution in [-0.2, 0) is 16.0 Å². The van der Waals surface area contributed by atoms with Gasteiger partial charge in [0.25, 0.3) is 0 Å². The maximum Gasteiger partial charge on any atom is 0.0900 e. The van der Waals surface area contributed by atoms with Gasteiger partial charge in [-0.25, -0.2) is 0 Å². The van der Waals surface area contributed by atoms with Crippen LogP contribution in [0.25, 0.3) is 0 Å². The van der Waals surface area contributed by atoms with Crippen LogP contribution in [-0.4, -0.2) is 70.4 Å². The lowest BCUT2D eigenvalue weighted by Crippen LogP contribution is -2.53. The summed E-state index contributed by atoms with van der Waals surface area (Å²) in [6.45, 7) is 6.41. The number of aliphatic hydroxyl groups is 1. The molecule has 0 aromatic carbocycles. The standard InChI is InChI=1S/C22H35N3O3/c1-16-10-23-25(11-16)14-21-13-24(2-3-27-21)12-20(26)15-28-22-7-17-4-18(8-22)6-19(5-17)9-22/h10-11,17-21,26H,2-9,12-15H2,1H3. The normalized spacial score (nSPS) is 38.8. The monoisotopic (exact) mass is 389 g/mol. The summed E-state index contributed by atoms with van der Waals surface area (Å²) in [7, 11) is 0. The maximum absolute atomic E-state index is 10.7. The zero-order valence-corrected chi connectivity index (χ0v) is 17.1. The van der Waals surface area contributed by atoms with Crippen LogP contribution < -0.4 is 0 Å². The van der Waals surface area contributed by atoms with Crippen molar-refractivity contribution >= 4 is 0 Å². The number of hydrogen-bond donors (Lipinski definition) is 1. The van der Waals surface area contributed by atoms with Crippen LogP contribution in [0.5, 0.6) is 0 Å². The van der Waals surface area contributed by atoms with Gasteiger partial charge in [-0.2, -0.15) is 5.10 Å². The van der Waals surface area contributed by atoms with Gasteiger partial charge in [0.15, 0.2) is 0 Å². The first-order valence-electron chi connectivity index (χ1n) is 11.2. The van der Waals surface area contributed by atoms with E-state index >= 15 is 0 Å². The Balaban J connectivity index is 1.09. The number of morpholine rings is 1. The molecule has 5 fully saturated rings. The van der Waals surface area contributed by atoms with Gasteiger partial charge >= 0.3 is 0 Å². The van der Waals surface area contributed by atoms with Crippen molar-refractivity contribution < 1.29 is 14.6 Å². The summed E-state index contributed by atoms with van der Waals surface area (Å²) >= 11 is 0. The molecule has 1 aromatic heterocycles. The van der Waals surface area contributed by atoms with Crippen molar-refractivity contribution in [2.45, 2.75) is 69.8 Å². The largest absolute Gasteiger partial charge is 0.389 e. The summed E-state index contributed by atoms with van der Waals surface area (Å²) in [6.07, 6.45) is 11.6. The Labute approximate surface area is 168 Å². The average Bonchev–Trinajstić information content (AvgIpc) is 3.04. The minimum absolute atomic E-state index is 0.0846. The number of aromatic nitrogens is 2. The number of aliphatic hydroxyl groups excluding tert-OH is 1. The number of aryl methyl sites for hydroxylation is 1. The molecule has 1 N–H and O–H groups in total. The molecule has 0 spiro atoms. The lowest BCUT2D eigenvalue weighted by atomic mass is 9.54. The van der Waals surface area contributed by atoms with Crippen LogP contribution in [0.3, 0.4) is 0 Å². The molecule has 0 radical (unpaired) electrons. The molecule has 2 heterocycles. The van der Waals surface area contributed by atoms with E-state index in [1.165, 1.54) is 44.1 Å². The number of nitrogens with zero attached hydrogens (tertiary/aromatic N) is 3. The molecule has 156 valence electrons. The minimum Gasteiger partial charge on any atom is -0.389 e. The number of rotatable bonds is 7. The highest BCUT2D eigenvalue weighted by atomic mass is 16.5. The molecule has 6 heteroatoms. The summed E-state index contributed by atoms with van der Waals surface area (Å²) in [5, 5.41) is 15.0. The fourth-order valence-electron chi connectivity index (χ4n) is 6.66. The van der Waals surface area contributed by atoms with Gasteiger partial charge in [-0.3, -0.25) is 9.58 Å². The Hall–Kier alpha value is -0.950. The fraction of sp³-hybridized carbons (Fsp3) is 0.864. The van der Waals surface area contributed by atoms with E-state index in [9.17, 15) is 5.11 Å². The third-order valence-corrected chi connectivity index (χ3v) is 7.41. The molecule has 4 bridgehead atoms. The van der Waals surface area contributed by atoms with Crippen LogP contribution in [0.4, 0.5) is 0 Å². The smallest absolute Gasteiger partial charge is 0.0900 e. The minimum atomic E-state index is -0.418. The number of β-amino-alcohol motifs (C(OH)–C–C–N with tert-alkyl or cyclic N) is 1. The SMILES string of the molecule is Cc1cnn(CC2CN(CC(O)COC34CC5CC(CC(C5)C3)C4)CCO2)c1. The van der Waals surface area contributed by atoms with Crippen molar-refractivity contribution in [2.75, 3.05) is 32.8 Å². The Morgan fingerprint density at radius 2 is 1.96 bits per heavy atom. The molecule has 0 amide bonds. The molecule has 28 heavy (non-hydrogen) atoms. The molecule has 4 aliphatic carbocycles. The Bertz CT molecular complexity index is 640. The van der Waals surface area contributed by atoms with Gasteiger partial charge in [0.1, 0.15) is 0 Å². The van der Waals surface area contributed by atoms with Gasteiger partial charge in [-0.1, -0.05) is 0 Å². The van der Waals surface area contributed by atoms with E-state index in [1.807, 2.05) is 10.9 Å². The van der Waals surface area contributed by atoms with Crippen molar-refractivity contribution in [1.29, 1.82) is 0 Å². The second-order valence-electron chi connectivity index (χ2n) is 10.1. The molecular weight excluding hydrogens is 354 g/mol. The van der Waals surface area contributed by atoms with Crippen molar-refractivity contribution in [3.8, 4) is 0 Å². The molecule has 2 unspecified atom stereocenters. The Kier molecular flexibility index (Phi) is 5.24. The van der Waals surface area contributed by atoms with Gasteiger partial charge in [0.2, 0.25) is 0 Å². The highest BCUT2D eigenvalue weighted by Crippen LogP contribution is 2.57. The summed E-state index contributed by atoms with van der Waals surface area (Å²) in [4.78, 5) is 2.32. The maximum atomic E-state index is 10.7. The molecule has 2 atom stereocenters. The first-order valence-corrected chi connectivity index (χ1v) is 11.2. The third kappa shape index (κ3) is 4.16. The first kappa shape index (κ1) is 19.0. The molecule has 4 saturated carbocycles. The van der Waals surface area contributed by atoms with E-state index in [0.29, 0.717) is 19.8 Å². The van der Waals surface area contributed by atoms with E-state index in [-0.39, 0.29) is 11.7 Å². The van der Waals surface area contributed by atoms with Gasteiger partial charge in [-0.05, 0) is 68.8 Å². The van der Waals surface area contributed by atoms with E-state index in [1.54, 1.807) is 0 Å². The molecule has 1 aliphatic heterocycles. The van der Waals surface area contributed by atoms with Crippen molar-refractivity contribution in [2.24, 2.45) is 17.8 Å². The van der Waals surface area contributed by atoms with Crippen LogP contribution in [0.1, 0.15) is 44.1 Å². The number of ether oxygens (including phenoxy) is 2. The third-order valence-electron chi connectivity index (χ3n) is 7.41. The quantitative estimate of drug-likeness (QED) is 0.775. The van der Waals surface area contributed by atoms with Crippen molar-refractivity contribution in [3.63, 3.8) is 0 Å². The van der Waals surface area contributed by atoms with Gasteiger partial charge < -0.3 is 14.6 Å². The predicted octanol–water partition coefficient (Wildman–Crippen LogP) is 2.24. The molecule has 6 rings (SSSR count). The van der Waals surface area contributed by atoms with Crippen LogP contribution >= 0.6 is 0 Å². The lowest BCUT2D eigenvalue weighted by molar-refractivity contribution is -0.177. The molecule has 1 aromatic rings. The predicted molar refractivity (Wildman–Crippen MR) is 106 cm³/mol. The summed E-state index contributed by atoms with van der Waals surface area (Å²) in [5.41, 5.74) is 1.26. The van der Waals surface area contributed by atoms with Crippen LogP contribution in [0, 0.1) is 24.7 Å². The summed E-state index contributed by atoms with van der Waals surface area (Å²) in [6, 6.07) is 0. The van der Waals surface area contributed by atoms with Crippen molar-refractivity contribution in [3.05, 3.63) is 18.0 Å². The Morgan fingerprint density at radius 3 is 2.61 bits per heavy atom. The zero-order chi connectivity index (χ0) is 19.1. The molecule has 6 nitrogen and oxygen atoms in total. The van der Waals surface area contributed by atoms with E-state index in [4.69, 9.17) is 9.47 Å². The summed E-state index contributed by atoms with van der Waals surface area (Å²) in [5.74, 6) is 2.65. The van der Waals surface area contributed by atoms with Gasteiger partial charge in [0.05, 0.1) is 43.8 Å². The fourth-order valence-corrected chi connectivity index (χ4v) is 6.66. The number of hydrogen-bond acceptors (Lipinski definition) is 5. The lowest BCUT2D eigenvalue weighted by Gasteiger charge is -2.56. The highest BCUT2D eigenvalue weighted by molar-refractivity contribution is 5.03. The molecule has 5 aliphatic rings. The molecule has 1 saturated heterocycles. The van der Waals surface area contributed by atoms with Crippen LogP contribution in [0.15, 0.2) is 12.4 Å². The summed E-state index contributed by atoms with van der Waals surface area (Å²) < 4.78 is 14.3. The molecular formula is C22H35N3O3. The van der Waals surface area contributed by atoms with E-state index in [0.717, 1.165) is 37.4 Å². The van der Waals surface area contributed by atoms with Crippen LogP contribution in [0.2, 0.25) is 0 Å².